The van der Waals surface area contributed by atoms with Crippen LogP contribution < -0.4 is 20.6 Å². The number of hydrogen-bond donors (Lipinski definition) is 2. The molecule has 3 aromatic heterocycles. The number of nitrogens with zero attached hydrogens (tertiary/aromatic N) is 1. The van der Waals surface area contributed by atoms with Crippen LogP contribution in [0.2, 0.25) is 0 Å². The van der Waals surface area contributed by atoms with E-state index >= 15 is 0 Å². The minimum absolute atomic E-state index is 0.0619. The summed E-state index contributed by atoms with van der Waals surface area (Å²) in [4.78, 5) is 28.6. The Kier molecular flexibility index (Phi) is 2.95. The third-order valence-corrected chi connectivity index (χ3v) is 4.98. The first-order valence-corrected chi connectivity index (χ1v) is 8.25. The number of fused-ring (bicyclic) bond motifs is 5. The smallest absolute Gasteiger partial charge is 0.267 e. The van der Waals surface area contributed by atoms with Gasteiger partial charge in [-0.2, -0.15) is 0 Å². The normalized spacial score (nSPS) is 11.8. The number of nitrogens with one attached hydrogen (secondary N) is 1. The van der Waals surface area contributed by atoms with Gasteiger partial charge in [-0.15, -0.1) is 0 Å². The fraction of sp³-hybridized carbons (Fsp3) is 0.100. The van der Waals surface area contributed by atoms with Gasteiger partial charge < -0.3 is 19.6 Å². The van der Waals surface area contributed by atoms with Crippen molar-refractivity contribution in [3.8, 4) is 17.2 Å². The van der Waals surface area contributed by atoms with E-state index in [-0.39, 0.29) is 16.9 Å². The Balaban J connectivity index is 2.22. The lowest BCUT2D eigenvalue weighted by atomic mass is 10.1. The molecular weight excluding hydrogens is 348 g/mol. The average molecular weight is 362 g/mol. The number of aromatic hydroxyl groups is 1. The third kappa shape index (κ3) is 1.85. The molecule has 0 aliphatic heterocycles. The van der Waals surface area contributed by atoms with E-state index in [0.717, 1.165) is 0 Å². The lowest BCUT2D eigenvalue weighted by Crippen LogP contribution is -2.16. The Hall–Kier alpha value is -3.74. The lowest BCUT2D eigenvalue weighted by molar-refractivity contribution is 0.358. The predicted molar refractivity (Wildman–Crippen MR) is 103 cm³/mol. The summed E-state index contributed by atoms with van der Waals surface area (Å²) in [5, 5.41) is 12.0. The standard InChI is InChI=1S/C20H14N2O5/c1-26-14-6-4-10-16(19(14)27-2)20(25)22-13-5-3-9(23)7-11(13)12-8-15(24)21-17(10)18(12)22/h3-8,23H,1-2H3,(H,21,24). The van der Waals surface area contributed by atoms with E-state index in [0.29, 0.717) is 49.6 Å². The predicted octanol–water partition coefficient (Wildman–Crippen LogP) is 2.61. The van der Waals surface area contributed by atoms with Crippen molar-refractivity contribution in [1.29, 1.82) is 0 Å². The fourth-order valence-electron chi connectivity index (χ4n) is 3.91. The fourth-order valence-corrected chi connectivity index (χ4v) is 3.91. The van der Waals surface area contributed by atoms with Crippen molar-refractivity contribution < 1.29 is 14.6 Å². The van der Waals surface area contributed by atoms with Gasteiger partial charge in [-0.05, 0) is 30.3 Å². The maximum Gasteiger partial charge on any atom is 0.267 e. The van der Waals surface area contributed by atoms with Crippen molar-refractivity contribution >= 4 is 38.1 Å². The molecule has 2 N–H and O–H groups in total. The Morgan fingerprint density at radius 2 is 1.78 bits per heavy atom. The molecule has 0 fully saturated rings. The van der Waals surface area contributed by atoms with Gasteiger partial charge >= 0.3 is 0 Å². The zero-order chi connectivity index (χ0) is 18.9. The molecule has 0 spiro atoms. The van der Waals surface area contributed by atoms with Crippen molar-refractivity contribution in [2.45, 2.75) is 0 Å². The summed E-state index contributed by atoms with van der Waals surface area (Å²) in [5.41, 5.74) is 1.15. The number of ether oxygens (including phenoxy) is 2. The van der Waals surface area contributed by atoms with E-state index in [1.807, 2.05) is 0 Å². The van der Waals surface area contributed by atoms with E-state index in [9.17, 15) is 14.7 Å². The molecule has 0 saturated carbocycles. The van der Waals surface area contributed by atoms with Gasteiger partial charge in [-0.1, -0.05) is 0 Å². The van der Waals surface area contributed by atoms with Crippen molar-refractivity contribution in [2.75, 3.05) is 14.2 Å². The van der Waals surface area contributed by atoms with E-state index < -0.39 is 0 Å². The van der Waals surface area contributed by atoms with Gasteiger partial charge in [0.15, 0.2) is 11.5 Å². The first-order valence-electron chi connectivity index (χ1n) is 8.25. The summed E-state index contributed by atoms with van der Waals surface area (Å²) in [6.07, 6.45) is 0. The van der Waals surface area contributed by atoms with Crippen LogP contribution in [0.15, 0.2) is 46.0 Å². The second kappa shape index (κ2) is 5.14. The Morgan fingerprint density at radius 1 is 0.963 bits per heavy atom. The minimum atomic E-state index is -0.296. The van der Waals surface area contributed by atoms with Crippen LogP contribution in [0.25, 0.3) is 38.1 Å². The summed E-state index contributed by atoms with van der Waals surface area (Å²) in [5.74, 6) is 0.799. The van der Waals surface area contributed by atoms with Gasteiger partial charge in [-0.3, -0.25) is 14.0 Å². The summed E-state index contributed by atoms with van der Waals surface area (Å²) in [6.45, 7) is 0. The highest BCUT2D eigenvalue weighted by Crippen LogP contribution is 2.39. The molecule has 0 aliphatic rings. The van der Waals surface area contributed by atoms with Crippen molar-refractivity contribution in [2.24, 2.45) is 0 Å². The number of methoxy groups -OCH3 is 2. The Morgan fingerprint density at radius 3 is 2.52 bits per heavy atom. The van der Waals surface area contributed by atoms with Gasteiger partial charge in [0.25, 0.3) is 5.56 Å². The van der Waals surface area contributed by atoms with E-state index in [1.165, 1.54) is 26.4 Å². The zero-order valence-corrected chi connectivity index (χ0v) is 14.5. The first kappa shape index (κ1) is 15.5. The van der Waals surface area contributed by atoms with Gasteiger partial charge in [0.05, 0.1) is 36.2 Å². The van der Waals surface area contributed by atoms with Crippen LogP contribution in [0.3, 0.4) is 0 Å². The van der Waals surface area contributed by atoms with E-state index in [2.05, 4.69) is 4.98 Å². The summed E-state index contributed by atoms with van der Waals surface area (Å²) in [7, 11) is 2.97. The highest BCUT2D eigenvalue weighted by Gasteiger charge is 2.22. The maximum atomic E-state index is 13.5. The summed E-state index contributed by atoms with van der Waals surface area (Å²) in [6, 6.07) is 9.60. The van der Waals surface area contributed by atoms with Crippen LogP contribution in [0.5, 0.6) is 17.2 Å². The molecule has 0 atom stereocenters. The van der Waals surface area contributed by atoms with Crippen LogP contribution >= 0.6 is 0 Å². The van der Waals surface area contributed by atoms with Crippen molar-refractivity contribution in [3.63, 3.8) is 0 Å². The molecule has 134 valence electrons. The maximum absolute atomic E-state index is 13.5. The summed E-state index contributed by atoms with van der Waals surface area (Å²) < 4.78 is 12.3. The van der Waals surface area contributed by atoms with E-state index in [1.54, 1.807) is 28.7 Å². The first-order chi connectivity index (χ1) is 13.0. The Bertz CT molecular complexity index is 1500. The molecule has 0 saturated heterocycles. The largest absolute Gasteiger partial charge is 0.508 e. The average Bonchev–Trinajstić information content (AvgIpc) is 2.98. The van der Waals surface area contributed by atoms with Crippen LogP contribution in [0.1, 0.15) is 0 Å². The molecule has 0 bridgehead atoms. The molecule has 7 heteroatoms. The van der Waals surface area contributed by atoms with Crippen molar-refractivity contribution in [1.82, 2.24) is 9.38 Å². The molecule has 0 amide bonds. The van der Waals surface area contributed by atoms with Crippen LogP contribution in [-0.2, 0) is 0 Å². The Labute approximate surface area is 151 Å². The molecule has 5 aromatic rings. The third-order valence-electron chi connectivity index (χ3n) is 4.98. The number of pyridine rings is 2. The number of hydrogen-bond acceptors (Lipinski definition) is 5. The molecule has 0 radical (unpaired) electrons. The van der Waals surface area contributed by atoms with Crippen molar-refractivity contribution in [3.05, 3.63) is 57.1 Å². The van der Waals surface area contributed by atoms with Crippen LogP contribution in [-0.4, -0.2) is 28.7 Å². The molecule has 0 unspecified atom stereocenters. The number of H-pyrrole nitrogens is 1. The molecule has 2 aromatic carbocycles. The van der Waals surface area contributed by atoms with Gasteiger partial charge in [-0.25, -0.2) is 0 Å². The van der Waals surface area contributed by atoms with Gasteiger partial charge in [0.1, 0.15) is 5.75 Å². The molecule has 7 nitrogen and oxygen atoms in total. The molecular formula is C20H14N2O5. The molecule has 27 heavy (non-hydrogen) atoms. The number of benzene rings is 2. The van der Waals surface area contributed by atoms with Crippen LogP contribution in [0.4, 0.5) is 0 Å². The highest BCUT2D eigenvalue weighted by molar-refractivity contribution is 6.19. The molecule has 0 aliphatic carbocycles. The van der Waals surface area contributed by atoms with Gasteiger partial charge in [0.2, 0.25) is 5.56 Å². The number of phenolic OH excluding ortho intramolecular Hbond substituents is 1. The molecule has 3 heterocycles. The second-order valence-corrected chi connectivity index (χ2v) is 6.34. The summed E-state index contributed by atoms with van der Waals surface area (Å²) >= 11 is 0. The number of phenols is 1. The monoisotopic (exact) mass is 362 g/mol. The molecule has 5 rings (SSSR count). The number of aromatic amines is 1. The van der Waals surface area contributed by atoms with E-state index in [4.69, 9.17) is 9.47 Å². The zero-order valence-electron chi connectivity index (χ0n) is 14.5. The number of aromatic nitrogens is 2. The quantitative estimate of drug-likeness (QED) is 0.471. The van der Waals surface area contributed by atoms with Crippen LogP contribution in [0, 0.1) is 0 Å². The highest BCUT2D eigenvalue weighted by atomic mass is 16.5. The topological polar surface area (TPSA) is 93.0 Å². The lowest BCUT2D eigenvalue weighted by Gasteiger charge is -2.12. The minimum Gasteiger partial charge on any atom is -0.508 e. The van der Waals surface area contributed by atoms with Gasteiger partial charge in [0, 0.05) is 22.2 Å². The number of rotatable bonds is 2. The SMILES string of the molecule is COc1ccc2c(c1OC)c(=O)n1c3ccc(O)cc3c3cc(=O)[nH]c2c31. The second-order valence-electron chi connectivity index (χ2n) is 6.34.